The number of aliphatic hydroxyl groups is 1. The zero-order valence-corrected chi connectivity index (χ0v) is 47.6. The molecule has 0 spiro atoms. The number of rotatable bonds is 28. The van der Waals surface area contributed by atoms with Crippen LogP contribution in [0.3, 0.4) is 0 Å². The standard InChI is InChI=1S/C50H90O13S2Si2/c1-19-37-20-24-41(25-21-37)65(54,55)33-42-45(61-46(48(42)58-13)30-40(63-67(17,18)50(8,9)10)32-59-66(15,16)49(5,6)7)31-43(51)36(4)34(2)28-39(62-64(14,52)53)22-26-44-35(3)29-38(60-44)23-27-47(56-11)57-12/h20-21,24-25,34,38-40,42-48,51H,3-4,19,22-23,26-33H2,1-2,5-18H3/t34-,38-,39+,40-,42-,43+,44-,45-,46+,48+/m0/s1. The topological polar surface area (TPSA) is 162 Å². The van der Waals surface area contributed by atoms with Gasteiger partial charge in [0.1, 0.15) is 0 Å². The van der Waals surface area contributed by atoms with Crippen LogP contribution >= 0.6 is 0 Å². The van der Waals surface area contributed by atoms with Crippen LogP contribution < -0.4 is 0 Å². The monoisotopic (exact) mass is 1020 g/mol. The molecule has 2 aliphatic rings. The number of aliphatic hydroxyl groups excluding tert-OH is 1. The van der Waals surface area contributed by atoms with E-state index in [4.69, 9.17) is 36.7 Å². The first-order valence-corrected chi connectivity index (χ1v) is 33.5. The Morgan fingerprint density at radius 3 is 1.99 bits per heavy atom. The fourth-order valence-electron chi connectivity index (χ4n) is 8.57. The zero-order valence-electron chi connectivity index (χ0n) is 44.0. The summed E-state index contributed by atoms with van der Waals surface area (Å²) in [5.74, 6) is -1.30. The maximum absolute atomic E-state index is 14.3. The molecule has 0 unspecified atom stereocenters. The molecule has 10 atom stereocenters. The van der Waals surface area contributed by atoms with E-state index in [9.17, 15) is 21.9 Å². The normalized spacial score (nSPS) is 24.3. The molecule has 0 aromatic heterocycles. The summed E-state index contributed by atoms with van der Waals surface area (Å²) in [5.41, 5.74) is 2.44. The van der Waals surface area contributed by atoms with Crippen LogP contribution in [-0.2, 0) is 63.1 Å². The lowest BCUT2D eigenvalue weighted by Gasteiger charge is -2.42. The van der Waals surface area contributed by atoms with Crippen LogP contribution in [0.5, 0.6) is 0 Å². The van der Waals surface area contributed by atoms with Gasteiger partial charge in [-0.05, 0) is 110 Å². The highest BCUT2D eigenvalue weighted by Crippen LogP contribution is 2.43. The first-order valence-electron chi connectivity index (χ1n) is 24.2. The van der Waals surface area contributed by atoms with Gasteiger partial charge < -0.3 is 37.6 Å². The Hall–Kier alpha value is -1.33. The molecule has 1 aromatic rings. The van der Waals surface area contributed by atoms with Crippen molar-refractivity contribution in [2.45, 2.75) is 209 Å². The van der Waals surface area contributed by atoms with Crippen molar-refractivity contribution < 1.29 is 58.7 Å². The molecule has 388 valence electrons. The Balaban J connectivity index is 1.90. The van der Waals surface area contributed by atoms with Gasteiger partial charge in [-0.3, -0.25) is 4.18 Å². The summed E-state index contributed by atoms with van der Waals surface area (Å²) in [7, 11) is -7.40. The summed E-state index contributed by atoms with van der Waals surface area (Å²) in [5, 5.41) is 11.9. The summed E-state index contributed by atoms with van der Waals surface area (Å²) >= 11 is 0. The van der Waals surface area contributed by atoms with Crippen molar-refractivity contribution in [3.8, 4) is 0 Å². The van der Waals surface area contributed by atoms with Crippen molar-refractivity contribution in [2.75, 3.05) is 39.9 Å². The lowest BCUT2D eigenvalue weighted by Crippen LogP contribution is -2.49. The number of hydrogen-bond donors (Lipinski definition) is 1. The maximum atomic E-state index is 14.3. The van der Waals surface area contributed by atoms with Crippen LogP contribution in [0, 0.1) is 11.8 Å². The highest BCUT2D eigenvalue weighted by Gasteiger charge is 2.50. The Morgan fingerprint density at radius 2 is 1.46 bits per heavy atom. The minimum atomic E-state index is -3.84. The molecule has 1 aromatic carbocycles. The molecule has 2 saturated heterocycles. The summed E-state index contributed by atoms with van der Waals surface area (Å²) in [6.45, 7) is 34.9. The van der Waals surface area contributed by atoms with Crippen LogP contribution in [0.1, 0.15) is 112 Å². The predicted octanol–water partition coefficient (Wildman–Crippen LogP) is 9.79. The number of methoxy groups -OCH3 is 3. The predicted molar refractivity (Wildman–Crippen MR) is 273 cm³/mol. The molecule has 0 saturated carbocycles. The molecule has 2 aliphatic heterocycles. The van der Waals surface area contributed by atoms with Crippen LogP contribution in [0.15, 0.2) is 53.5 Å². The molecular formula is C50H90O13S2Si2. The molecule has 17 heteroatoms. The molecule has 0 aliphatic carbocycles. The van der Waals surface area contributed by atoms with Crippen molar-refractivity contribution in [3.05, 3.63) is 54.1 Å². The average molecular weight is 1020 g/mol. The second kappa shape index (κ2) is 24.9. The Kier molecular flexibility index (Phi) is 22.3. The fraction of sp³-hybridized carbons (Fsp3) is 0.800. The Morgan fingerprint density at radius 1 is 0.866 bits per heavy atom. The van der Waals surface area contributed by atoms with Gasteiger partial charge in [0, 0.05) is 46.5 Å². The van der Waals surface area contributed by atoms with Gasteiger partial charge in [-0.1, -0.05) is 80.7 Å². The molecule has 0 radical (unpaired) electrons. The van der Waals surface area contributed by atoms with E-state index in [0.717, 1.165) is 30.2 Å². The lowest BCUT2D eigenvalue weighted by molar-refractivity contribution is -0.112. The van der Waals surface area contributed by atoms with Gasteiger partial charge in [-0.25, -0.2) is 8.42 Å². The SMILES string of the molecule is C=C1C[C@H](CCC(OC)OC)O[C@H]1CC[C@H](C[C@H](C)C(=C)[C@H](O)C[C@@H]1O[C@H](C[C@@H](CO[Si](C)(C)C(C)(C)C)O[Si](C)(C)C(C)(C)C)[C@H](OC)[C@H]1CS(=O)(=O)c1ccc(CC)cc1)OS(C)(=O)=O. The van der Waals surface area contributed by atoms with E-state index in [1.54, 1.807) is 33.5 Å². The molecule has 3 rings (SSSR count). The smallest absolute Gasteiger partial charge is 0.264 e. The second-order valence-corrected chi connectivity index (χ2v) is 35.4. The molecule has 1 N–H and O–H groups in total. The molecule has 67 heavy (non-hydrogen) atoms. The van der Waals surface area contributed by atoms with Gasteiger partial charge in [0.15, 0.2) is 32.8 Å². The highest BCUT2D eigenvalue weighted by molar-refractivity contribution is 7.91. The fourth-order valence-corrected chi connectivity index (χ4v) is 13.3. The van der Waals surface area contributed by atoms with E-state index < -0.39 is 73.0 Å². The quantitative estimate of drug-likeness (QED) is 0.0366. The second-order valence-electron chi connectivity index (χ2n) is 22.2. The molecule has 2 fully saturated rings. The van der Waals surface area contributed by atoms with Gasteiger partial charge >= 0.3 is 0 Å². The van der Waals surface area contributed by atoms with Gasteiger partial charge in [-0.2, -0.15) is 8.42 Å². The largest absolute Gasteiger partial charge is 0.414 e. The lowest BCUT2D eigenvalue weighted by atomic mass is 9.86. The van der Waals surface area contributed by atoms with E-state index in [-0.39, 0.29) is 64.1 Å². The van der Waals surface area contributed by atoms with Crippen molar-refractivity contribution in [1.82, 2.24) is 0 Å². The summed E-state index contributed by atoms with van der Waals surface area (Å²) in [6.07, 6.45) is 0.693. The Bertz CT molecular complexity index is 1940. The van der Waals surface area contributed by atoms with Gasteiger partial charge in [0.2, 0.25) is 0 Å². The van der Waals surface area contributed by atoms with Crippen LogP contribution in [0.2, 0.25) is 36.3 Å². The van der Waals surface area contributed by atoms with Crippen LogP contribution in [-0.4, -0.2) is 134 Å². The number of sulfone groups is 1. The summed E-state index contributed by atoms with van der Waals surface area (Å²) in [4.78, 5) is 0.215. The molecule has 0 bridgehead atoms. The van der Waals surface area contributed by atoms with Crippen molar-refractivity contribution in [3.63, 3.8) is 0 Å². The van der Waals surface area contributed by atoms with Gasteiger partial charge in [-0.15, -0.1) is 0 Å². The van der Waals surface area contributed by atoms with E-state index in [0.29, 0.717) is 44.3 Å². The van der Waals surface area contributed by atoms with Gasteiger partial charge in [0.25, 0.3) is 10.1 Å². The molecule has 13 nitrogen and oxygen atoms in total. The summed E-state index contributed by atoms with van der Waals surface area (Å²) < 4.78 is 103. The van der Waals surface area contributed by atoms with Crippen molar-refractivity contribution in [2.24, 2.45) is 11.8 Å². The number of ether oxygens (including phenoxy) is 5. The third-order valence-corrected chi connectivity index (χ3v) is 26.4. The van der Waals surface area contributed by atoms with E-state index >= 15 is 0 Å². The first kappa shape index (κ1) is 60.0. The third kappa shape index (κ3) is 17.7. The number of benzene rings is 1. The van der Waals surface area contributed by atoms with Crippen molar-refractivity contribution in [1.29, 1.82) is 0 Å². The number of hydrogen-bond acceptors (Lipinski definition) is 13. The minimum absolute atomic E-state index is 0.0255. The van der Waals surface area contributed by atoms with E-state index in [1.807, 2.05) is 26.0 Å². The maximum Gasteiger partial charge on any atom is 0.264 e. The highest BCUT2D eigenvalue weighted by atomic mass is 32.2. The molecule has 2 heterocycles. The van der Waals surface area contributed by atoms with Crippen LogP contribution in [0.25, 0.3) is 0 Å². The molecular weight excluding hydrogens is 929 g/mol. The van der Waals surface area contributed by atoms with E-state index in [1.165, 1.54) is 0 Å². The number of aryl methyl sites for hydroxylation is 1. The summed E-state index contributed by atoms with van der Waals surface area (Å²) in [6, 6.07) is 6.98. The van der Waals surface area contributed by atoms with Crippen molar-refractivity contribution >= 4 is 36.6 Å². The Labute approximate surface area is 408 Å². The van der Waals surface area contributed by atoms with Gasteiger partial charge in [0.05, 0.1) is 72.3 Å². The zero-order chi connectivity index (χ0) is 50.9. The van der Waals surface area contributed by atoms with E-state index in [2.05, 4.69) is 80.9 Å². The minimum Gasteiger partial charge on any atom is -0.414 e. The first-order chi connectivity index (χ1) is 30.8. The average Bonchev–Trinajstić information content (AvgIpc) is 3.73. The molecule has 0 amide bonds. The van der Waals surface area contributed by atoms with Crippen LogP contribution in [0.4, 0.5) is 0 Å². The third-order valence-electron chi connectivity index (χ3n) is 14.9.